The summed E-state index contributed by atoms with van der Waals surface area (Å²) in [5.41, 5.74) is 5.69. The topological polar surface area (TPSA) is 20.2 Å². The first-order valence-corrected chi connectivity index (χ1v) is 10.2. The van der Waals surface area contributed by atoms with E-state index in [-0.39, 0.29) is 0 Å². The highest BCUT2D eigenvalue weighted by molar-refractivity contribution is 5.66. The standard InChI is InChI=1S/C24H30O/c25-24-13-11-20(12-14-24)23-16-21(18-7-3-1-4-8-18)15-22(17-23)19-9-5-2-6-10-19/h11-19,25H,1-10H2. The molecule has 0 heterocycles. The maximum absolute atomic E-state index is 9.62. The van der Waals surface area contributed by atoms with Gasteiger partial charge in [-0.2, -0.15) is 0 Å². The molecule has 0 saturated heterocycles. The third-order valence-electron chi connectivity index (χ3n) is 6.33. The Morgan fingerprint density at radius 3 is 1.52 bits per heavy atom. The molecule has 0 spiro atoms. The first-order valence-electron chi connectivity index (χ1n) is 10.2. The molecule has 2 aromatic rings. The Morgan fingerprint density at radius 2 is 1.04 bits per heavy atom. The molecule has 1 N–H and O–H groups in total. The van der Waals surface area contributed by atoms with Gasteiger partial charge in [0, 0.05) is 0 Å². The van der Waals surface area contributed by atoms with Gasteiger partial charge in [0.25, 0.3) is 0 Å². The van der Waals surface area contributed by atoms with E-state index in [4.69, 9.17) is 0 Å². The summed E-state index contributed by atoms with van der Waals surface area (Å²) in [4.78, 5) is 0. The van der Waals surface area contributed by atoms with E-state index in [1.807, 2.05) is 12.1 Å². The van der Waals surface area contributed by atoms with E-state index < -0.39 is 0 Å². The molecule has 0 amide bonds. The minimum atomic E-state index is 0.347. The predicted molar refractivity (Wildman–Crippen MR) is 105 cm³/mol. The number of aromatic hydroxyl groups is 1. The molecule has 2 saturated carbocycles. The molecule has 0 aliphatic heterocycles. The minimum absolute atomic E-state index is 0.347. The van der Waals surface area contributed by atoms with Crippen molar-refractivity contribution in [1.29, 1.82) is 0 Å². The first-order chi connectivity index (χ1) is 12.3. The summed E-state index contributed by atoms with van der Waals surface area (Å²) in [6, 6.07) is 15.1. The molecule has 132 valence electrons. The number of phenolic OH excluding ortho intramolecular Hbond substituents is 1. The van der Waals surface area contributed by atoms with E-state index in [2.05, 4.69) is 30.3 Å². The number of hydrogen-bond acceptors (Lipinski definition) is 1. The number of hydrogen-bond donors (Lipinski definition) is 1. The normalized spacial score (nSPS) is 19.8. The monoisotopic (exact) mass is 334 g/mol. The van der Waals surface area contributed by atoms with Gasteiger partial charge in [-0.05, 0) is 71.9 Å². The van der Waals surface area contributed by atoms with Crippen LogP contribution in [0.5, 0.6) is 5.75 Å². The Bertz CT molecular complexity index is 652. The molecule has 2 fully saturated rings. The molecule has 25 heavy (non-hydrogen) atoms. The van der Waals surface area contributed by atoms with Crippen molar-refractivity contribution in [2.75, 3.05) is 0 Å². The van der Waals surface area contributed by atoms with Crippen LogP contribution in [0.1, 0.15) is 87.2 Å². The third kappa shape index (κ3) is 3.92. The molecule has 1 heteroatoms. The summed E-state index contributed by atoms with van der Waals surface area (Å²) in [6.45, 7) is 0. The summed E-state index contributed by atoms with van der Waals surface area (Å²) >= 11 is 0. The van der Waals surface area contributed by atoms with Gasteiger partial charge >= 0.3 is 0 Å². The average molecular weight is 335 g/mol. The highest BCUT2D eigenvalue weighted by Gasteiger charge is 2.21. The van der Waals surface area contributed by atoms with Crippen molar-refractivity contribution in [1.82, 2.24) is 0 Å². The molecule has 2 aliphatic rings. The van der Waals surface area contributed by atoms with Gasteiger partial charge in [0.2, 0.25) is 0 Å². The highest BCUT2D eigenvalue weighted by Crippen LogP contribution is 2.39. The van der Waals surface area contributed by atoms with Crippen molar-refractivity contribution in [3.8, 4) is 16.9 Å². The van der Waals surface area contributed by atoms with Crippen LogP contribution in [0, 0.1) is 0 Å². The van der Waals surface area contributed by atoms with Gasteiger partial charge in [-0.1, -0.05) is 68.9 Å². The van der Waals surface area contributed by atoms with Crippen LogP contribution in [0.4, 0.5) is 0 Å². The number of rotatable bonds is 3. The fraction of sp³-hybridized carbons (Fsp3) is 0.500. The van der Waals surface area contributed by atoms with Gasteiger partial charge in [-0.15, -0.1) is 0 Å². The Morgan fingerprint density at radius 1 is 0.560 bits per heavy atom. The second-order valence-electron chi connectivity index (χ2n) is 8.11. The Labute approximate surface area is 152 Å². The van der Waals surface area contributed by atoms with E-state index in [1.165, 1.54) is 75.3 Å². The van der Waals surface area contributed by atoms with Crippen molar-refractivity contribution < 1.29 is 5.11 Å². The molecular formula is C24H30O. The van der Waals surface area contributed by atoms with E-state index >= 15 is 0 Å². The molecule has 0 atom stereocenters. The molecule has 2 aromatic carbocycles. The lowest BCUT2D eigenvalue weighted by Gasteiger charge is -2.27. The molecule has 0 bridgehead atoms. The number of phenols is 1. The quantitative estimate of drug-likeness (QED) is 0.631. The lowest BCUT2D eigenvalue weighted by molar-refractivity contribution is 0.435. The van der Waals surface area contributed by atoms with Gasteiger partial charge in [-0.3, -0.25) is 0 Å². The summed E-state index contributed by atoms with van der Waals surface area (Å²) in [6.07, 6.45) is 13.7. The van der Waals surface area contributed by atoms with Crippen molar-refractivity contribution in [3.63, 3.8) is 0 Å². The largest absolute Gasteiger partial charge is 0.508 e. The fourth-order valence-corrected chi connectivity index (χ4v) is 4.84. The van der Waals surface area contributed by atoms with Crippen LogP contribution in [0.3, 0.4) is 0 Å². The van der Waals surface area contributed by atoms with Crippen LogP contribution in [-0.4, -0.2) is 5.11 Å². The Hall–Kier alpha value is -1.76. The highest BCUT2D eigenvalue weighted by atomic mass is 16.3. The Balaban J connectivity index is 1.72. The molecule has 0 radical (unpaired) electrons. The molecule has 0 aromatic heterocycles. The summed E-state index contributed by atoms with van der Waals surface area (Å²) in [5.74, 6) is 1.83. The van der Waals surface area contributed by atoms with Crippen molar-refractivity contribution in [2.45, 2.75) is 76.0 Å². The SMILES string of the molecule is Oc1ccc(-c2cc(C3CCCCC3)cc(C3CCCCC3)c2)cc1. The van der Waals surface area contributed by atoms with Gasteiger partial charge < -0.3 is 5.11 Å². The van der Waals surface area contributed by atoms with Crippen LogP contribution in [-0.2, 0) is 0 Å². The molecule has 0 unspecified atom stereocenters. The van der Waals surface area contributed by atoms with Gasteiger partial charge in [0.1, 0.15) is 5.75 Å². The lowest BCUT2D eigenvalue weighted by Crippen LogP contribution is -2.08. The second-order valence-corrected chi connectivity index (χ2v) is 8.11. The zero-order valence-electron chi connectivity index (χ0n) is 15.2. The zero-order valence-corrected chi connectivity index (χ0v) is 15.2. The van der Waals surface area contributed by atoms with Crippen molar-refractivity contribution >= 4 is 0 Å². The smallest absolute Gasteiger partial charge is 0.115 e. The average Bonchev–Trinajstić information content (AvgIpc) is 2.69. The second kappa shape index (κ2) is 7.64. The third-order valence-corrected chi connectivity index (χ3v) is 6.33. The Kier molecular flexibility index (Phi) is 5.10. The lowest BCUT2D eigenvalue weighted by atomic mass is 9.78. The zero-order chi connectivity index (χ0) is 17.1. The maximum atomic E-state index is 9.62. The minimum Gasteiger partial charge on any atom is -0.508 e. The van der Waals surface area contributed by atoms with E-state index in [0.29, 0.717) is 5.75 Å². The molecular weight excluding hydrogens is 304 g/mol. The molecule has 2 aliphatic carbocycles. The van der Waals surface area contributed by atoms with E-state index in [9.17, 15) is 5.11 Å². The van der Waals surface area contributed by atoms with E-state index in [1.54, 1.807) is 11.1 Å². The van der Waals surface area contributed by atoms with Crippen molar-refractivity contribution in [3.05, 3.63) is 53.6 Å². The van der Waals surface area contributed by atoms with Crippen molar-refractivity contribution in [2.24, 2.45) is 0 Å². The summed E-state index contributed by atoms with van der Waals surface area (Å²) in [7, 11) is 0. The summed E-state index contributed by atoms with van der Waals surface area (Å²) in [5, 5.41) is 9.62. The van der Waals surface area contributed by atoms with E-state index in [0.717, 1.165) is 11.8 Å². The maximum Gasteiger partial charge on any atom is 0.115 e. The van der Waals surface area contributed by atoms with Crippen LogP contribution in [0.2, 0.25) is 0 Å². The van der Waals surface area contributed by atoms with Crippen LogP contribution in [0.25, 0.3) is 11.1 Å². The first kappa shape index (κ1) is 16.7. The number of benzene rings is 2. The van der Waals surface area contributed by atoms with Crippen LogP contribution in [0.15, 0.2) is 42.5 Å². The predicted octanol–water partition coefficient (Wildman–Crippen LogP) is 7.15. The van der Waals surface area contributed by atoms with Gasteiger partial charge in [0.15, 0.2) is 0 Å². The fourth-order valence-electron chi connectivity index (χ4n) is 4.84. The molecule has 1 nitrogen and oxygen atoms in total. The van der Waals surface area contributed by atoms with Crippen LogP contribution >= 0.6 is 0 Å². The molecule has 4 rings (SSSR count). The van der Waals surface area contributed by atoms with Gasteiger partial charge in [-0.25, -0.2) is 0 Å². The van der Waals surface area contributed by atoms with Crippen LogP contribution < -0.4 is 0 Å². The van der Waals surface area contributed by atoms with Gasteiger partial charge in [0.05, 0.1) is 0 Å². The summed E-state index contributed by atoms with van der Waals surface area (Å²) < 4.78 is 0.